The minimum absolute atomic E-state index is 0.0402. The van der Waals surface area contributed by atoms with Crippen LogP contribution in [-0.4, -0.2) is 31.6 Å². The molecule has 2 rings (SSSR count). The first-order valence-corrected chi connectivity index (χ1v) is 8.92. The van der Waals surface area contributed by atoms with Crippen LogP contribution in [0.3, 0.4) is 0 Å². The molecule has 1 aliphatic heterocycles. The highest BCUT2D eigenvalue weighted by Crippen LogP contribution is 2.18. The van der Waals surface area contributed by atoms with E-state index in [0.29, 0.717) is 11.7 Å². The fraction of sp³-hybridized carbons (Fsp3) is 0.500. The van der Waals surface area contributed by atoms with Crippen molar-refractivity contribution in [2.45, 2.75) is 19.3 Å². The minimum Gasteiger partial charge on any atom is -0.375 e. The van der Waals surface area contributed by atoms with Gasteiger partial charge < -0.3 is 11.1 Å². The summed E-state index contributed by atoms with van der Waals surface area (Å²) in [4.78, 5) is 15.8. The average molecular weight is 315 g/mol. The normalized spacial score (nSPS) is 20.1. The van der Waals surface area contributed by atoms with E-state index in [-0.39, 0.29) is 24.0 Å². The van der Waals surface area contributed by atoms with Gasteiger partial charge in [-0.15, -0.1) is 11.3 Å². The largest absolute Gasteiger partial charge is 0.375 e. The summed E-state index contributed by atoms with van der Waals surface area (Å²) in [5.41, 5.74) is 6.46. The smallest absolute Gasteiger partial charge is 0.220 e. The Morgan fingerprint density at radius 2 is 2.35 bits per heavy atom. The molecule has 110 valence electrons. The molecule has 0 saturated carbocycles. The minimum atomic E-state index is -3.08. The summed E-state index contributed by atoms with van der Waals surface area (Å²) in [7, 11) is -3.08. The molecule has 8 heteroatoms. The summed E-state index contributed by atoms with van der Waals surface area (Å²) >= 11 is 1.40. The van der Waals surface area contributed by atoms with Crippen LogP contribution >= 0.6 is 11.3 Å². The number of hydrogen-bond donors (Lipinski definition) is 2. The summed E-state index contributed by atoms with van der Waals surface area (Å²) in [6.07, 6.45) is 3.37. The van der Waals surface area contributed by atoms with Crippen molar-refractivity contribution in [3.05, 3.63) is 22.6 Å². The molecule has 1 aliphatic rings. The maximum Gasteiger partial charge on any atom is 0.220 e. The van der Waals surface area contributed by atoms with Crippen molar-refractivity contribution in [3.8, 4) is 0 Å². The van der Waals surface area contributed by atoms with E-state index < -0.39 is 9.84 Å². The molecule has 1 aromatic rings. The average Bonchev–Trinajstić information content (AvgIpc) is 2.91. The molecule has 2 heterocycles. The van der Waals surface area contributed by atoms with Crippen molar-refractivity contribution < 1.29 is 13.2 Å². The lowest BCUT2D eigenvalue weighted by Gasteiger charge is -2.07. The van der Waals surface area contributed by atoms with Crippen molar-refractivity contribution in [1.29, 1.82) is 0 Å². The van der Waals surface area contributed by atoms with Crippen LogP contribution in [0.15, 0.2) is 16.9 Å². The standard InChI is InChI=1S/C12H17N3O3S2/c13-12-15-10(7-19-12)2-1-4-14-11(16)6-9-3-5-20(17,18)8-9/h3,5,7,9H,1-2,4,6,8H2,(H2,13,15)(H,14,16)/t9-/m0/s1. The summed E-state index contributed by atoms with van der Waals surface area (Å²) in [6, 6.07) is 0. The molecule has 0 spiro atoms. The Morgan fingerprint density at radius 1 is 1.55 bits per heavy atom. The van der Waals surface area contributed by atoms with E-state index in [4.69, 9.17) is 5.73 Å². The SMILES string of the molecule is Nc1nc(CCCNC(=O)C[C@@H]2C=CS(=O)(=O)C2)cs1. The molecule has 1 aromatic heterocycles. The number of hydrogen-bond acceptors (Lipinski definition) is 6. The van der Waals surface area contributed by atoms with Gasteiger partial charge in [0, 0.05) is 29.7 Å². The molecule has 0 bridgehead atoms. The molecule has 0 radical (unpaired) electrons. The van der Waals surface area contributed by atoms with E-state index in [2.05, 4.69) is 10.3 Å². The summed E-state index contributed by atoms with van der Waals surface area (Å²) in [5, 5.41) is 6.44. The number of allylic oxidation sites excluding steroid dienone is 1. The molecule has 0 saturated heterocycles. The third-order valence-electron chi connectivity index (χ3n) is 2.95. The summed E-state index contributed by atoms with van der Waals surface area (Å²) in [6.45, 7) is 0.555. The monoisotopic (exact) mass is 315 g/mol. The second-order valence-corrected chi connectivity index (χ2v) is 7.57. The molecule has 1 amide bonds. The van der Waals surface area contributed by atoms with Gasteiger partial charge in [0.15, 0.2) is 15.0 Å². The third kappa shape index (κ3) is 4.61. The molecule has 3 N–H and O–H groups in total. The molecule has 0 unspecified atom stereocenters. The van der Waals surface area contributed by atoms with Crippen LogP contribution in [0.1, 0.15) is 18.5 Å². The van der Waals surface area contributed by atoms with Crippen LogP contribution in [0.5, 0.6) is 0 Å². The fourth-order valence-corrected chi connectivity index (χ4v) is 4.01. The van der Waals surface area contributed by atoms with Crippen LogP contribution in [0.2, 0.25) is 0 Å². The van der Waals surface area contributed by atoms with E-state index in [0.717, 1.165) is 18.5 Å². The van der Waals surface area contributed by atoms with Crippen LogP contribution in [0, 0.1) is 5.92 Å². The molecule has 20 heavy (non-hydrogen) atoms. The van der Waals surface area contributed by atoms with E-state index in [9.17, 15) is 13.2 Å². The zero-order valence-electron chi connectivity index (χ0n) is 10.9. The van der Waals surface area contributed by atoms with Gasteiger partial charge in [-0.1, -0.05) is 6.08 Å². The van der Waals surface area contributed by atoms with Crippen LogP contribution < -0.4 is 11.1 Å². The maximum atomic E-state index is 11.7. The van der Waals surface area contributed by atoms with Crippen molar-refractivity contribution in [1.82, 2.24) is 10.3 Å². The number of thiazole rings is 1. The van der Waals surface area contributed by atoms with Gasteiger partial charge in [0.25, 0.3) is 0 Å². The third-order valence-corrected chi connectivity index (χ3v) is 5.14. The van der Waals surface area contributed by atoms with Gasteiger partial charge in [-0.2, -0.15) is 0 Å². The molecule has 0 fully saturated rings. The van der Waals surface area contributed by atoms with Crippen molar-refractivity contribution in [3.63, 3.8) is 0 Å². The lowest BCUT2D eigenvalue weighted by molar-refractivity contribution is -0.121. The lowest BCUT2D eigenvalue weighted by atomic mass is 10.1. The van der Waals surface area contributed by atoms with Gasteiger partial charge >= 0.3 is 0 Å². The van der Waals surface area contributed by atoms with Crippen LogP contribution in [0.25, 0.3) is 0 Å². The Kier molecular flexibility index (Phi) is 4.77. The molecule has 6 nitrogen and oxygen atoms in total. The predicted molar refractivity (Wildman–Crippen MR) is 78.9 cm³/mol. The Bertz CT molecular complexity index is 607. The Labute approximate surface area is 122 Å². The number of anilines is 1. The van der Waals surface area contributed by atoms with Crippen LogP contribution in [0.4, 0.5) is 5.13 Å². The number of nitrogens with two attached hydrogens (primary N) is 1. The van der Waals surface area contributed by atoms with Crippen molar-refractivity contribution >= 4 is 32.2 Å². The highest BCUT2D eigenvalue weighted by atomic mass is 32.2. The number of sulfone groups is 1. The summed E-state index contributed by atoms with van der Waals surface area (Å²) < 4.78 is 22.4. The second kappa shape index (κ2) is 6.36. The molecular weight excluding hydrogens is 298 g/mol. The molecule has 0 aliphatic carbocycles. The topological polar surface area (TPSA) is 102 Å². The van der Waals surface area contributed by atoms with Gasteiger partial charge in [0.05, 0.1) is 11.4 Å². The number of carbonyl (C=O) groups excluding carboxylic acids is 1. The number of nitrogens with zero attached hydrogens (tertiary/aromatic N) is 1. The van der Waals surface area contributed by atoms with Crippen LogP contribution in [-0.2, 0) is 21.1 Å². The predicted octanol–water partition coefficient (Wildman–Crippen LogP) is 0.723. The Balaban J connectivity index is 1.62. The van der Waals surface area contributed by atoms with E-state index >= 15 is 0 Å². The highest BCUT2D eigenvalue weighted by Gasteiger charge is 2.23. The maximum absolute atomic E-state index is 11.7. The number of aryl methyl sites for hydroxylation is 1. The lowest BCUT2D eigenvalue weighted by Crippen LogP contribution is -2.27. The van der Waals surface area contributed by atoms with Crippen molar-refractivity contribution in [2.75, 3.05) is 18.0 Å². The first kappa shape index (κ1) is 15.0. The first-order valence-electron chi connectivity index (χ1n) is 6.32. The quantitative estimate of drug-likeness (QED) is 0.753. The van der Waals surface area contributed by atoms with Gasteiger partial charge in [-0.05, 0) is 12.8 Å². The molecular formula is C12H17N3O3S2. The number of nitrogens with one attached hydrogen (secondary N) is 1. The van der Waals surface area contributed by atoms with Crippen molar-refractivity contribution in [2.24, 2.45) is 5.92 Å². The van der Waals surface area contributed by atoms with Gasteiger partial charge in [-0.3, -0.25) is 4.79 Å². The number of nitrogen functional groups attached to an aromatic ring is 1. The first-order chi connectivity index (χ1) is 9.44. The Hall–Kier alpha value is -1.41. The van der Waals surface area contributed by atoms with E-state index in [1.54, 1.807) is 6.08 Å². The highest BCUT2D eigenvalue weighted by molar-refractivity contribution is 7.94. The second-order valence-electron chi connectivity index (χ2n) is 4.75. The number of amides is 1. The zero-order valence-corrected chi connectivity index (χ0v) is 12.5. The van der Waals surface area contributed by atoms with Gasteiger partial charge in [0.1, 0.15) is 0 Å². The number of carbonyl (C=O) groups is 1. The Morgan fingerprint density at radius 3 is 2.95 bits per heavy atom. The van der Waals surface area contributed by atoms with Gasteiger partial charge in [0.2, 0.25) is 5.91 Å². The zero-order chi connectivity index (χ0) is 14.6. The molecule has 0 aromatic carbocycles. The fourth-order valence-electron chi connectivity index (χ4n) is 2.01. The van der Waals surface area contributed by atoms with E-state index in [1.807, 2.05) is 5.38 Å². The number of rotatable bonds is 6. The molecule has 1 atom stereocenters. The summed E-state index contributed by atoms with van der Waals surface area (Å²) in [5.74, 6) is -0.272. The number of aromatic nitrogens is 1. The van der Waals surface area contributed by atoms with Gasteiger partial charge in [-0.25, -0.2) is 13.4 Å². The van der Waals surface area contributed by atoms with E-state index in [1.165, 1.54) is 16.7 Å².